The molecular weight excluding hydrogens is 216 g/mol. The molecule has 5 heteroatoms. The summed E-state index contributed by atoms with van der Waals surface area (Å²) in [7, 11) is 0. The molecule has 1 amide bonds. The Balaban J connectivity index is 2.06. The molecule has 0 saturated carbocycles. The van der Waals surface area contributed by atoms with E-state index in [0.29, 0.717) is 5.69 Å². The van der Waals surface area contributed by atoms with E-state index < -0.39 is 6.04 Å². The van der Waals surface area contributed by atoms with Crippen molar-refractivity contribution in [3.8, 4) is 0 Å². The van der Waals surface area contributed by atoms with Gasteiger partial charge in [-0.1, -0.05) is 30.3 Å². The molecule has 2 rings (SSSR count). The maximum atomic E-state index is 11.8. The van der Waals surface area contributed by atoms with Gasteiger partial charge in [-0.2, -0.15) is 0 Å². The first-order chi connectivity index (χ1) is 8.27. The third-order valence-corrected chi connectivity index (χ3v) is 2.27. The van der Waals surface area contributed by atoms with E-state index in [-0.39, 0.29) is 5.91 Å². The van der Waals surface area contributed by atoms with Crippen LogP contribution in [0.4, 0.5) is 5.69 Å². The highest BCUT2D eigenvalue weighted by Gasteiger charge is 2.15. The van der Waals surface area contributed by atoms with E-state index in [2.05, 4.69) is 15.3 Å². The molecule has 1 aromatic heterocycles. The molecule has 0 fully saturated rings. The van der Waals surface area contributed by atoms with E-state index in [1.807, 2.05) is 30.3 Å². The van der Waals surface area contributed by atoms with Gasteiger partial charge in [0.2, 0.25) is 5.91 Å². The second kappa shape index (κ2) is 5.18. The van der Waals surface area contributed by atoms with Crippen molar-refractivity contribution in [1.82, 2.24) is 9.97 Å². The van der Waals surface area contributed by atoms with E-state index in [4.69, 9.17) is 5.73 Å². The Hall–Kier alpha value is -2.27. The van der Waals surface area contributed by atoms with E-state index >= 15 is 0 Å². The lowest BCUT2D eigenvalue weighted by Gasteiger charge is -2.11. The second-order valence-electron chi connectivity index (χ2n) is 3.50. The zero-order valence-corrected chi connectivity index (χ0v) is 9.08. The summed E-state index contributed by atoms with van der Waals surface area (Å²) in [6.07, 6.45) is 4.43. The molecular formula is C12H12N4O. The molecule has 2 aromatic rings. The summed E-state index contributed by atoms with van der Waals surface area (Å²) < 4.78 is 0. The van der Waals surface area contributed by atoms with Crippen LogP contribution in [-0.2, 0) is 4.79 Å². The van der Waals surface area contributed by atoms with Crippen molar-refractivity contribution in [2.75, 3.05) is 5.32 Å². The molecule has 1 unspecified atom stereocenters. The van der Waals surface area contributed by atoms with E-state index in [1.54, 1.807) is 0 Å². The summed E-state index contributed by atoms with van der Waals surface area (Å²) >= 11 is 0. The third kappa shape index (κ3) is 2.85. The minimum Gasteiger partial charge on any atom is -0.322 e. The number of aromatic nitrogens is 2. The summed E-state index contributed by atoms with van der Waals surface area (Å²) in [5.41, 5.74) is 7.13. The van der Waals surface area contributed by atoms with Gasteiger partial charge in [-0.15, -0.1) is 0 Å². The smallest absolute Gasteiger partial charge is 0.245 e. The minimum absolute atomic E-state index is 0.286. The van der Waals surface area contributed by atoms with Crippen LogP contribution in [0.25, 0.3) is 0 Å². The molecule has 3 N–H and O–H groups in total. The van der Waals surface area contributed by atoms with Crippen LogP contribution < -0.4 is 11.1 Å². The van der Waals surface area contributed by atoms with Crippen LogP contribution in [0.1, 0.15) is 11.6 Å². The normalized spacial score (nSPS) is 11.8. The van der Waals surface area contributed by atoms with Crippen LogP contribution in [0.15, 0.2) is 49.1 Å². The van der Waals surface area contributed by atoms with Crippen molar-refractivity contribution in [3.63, 3.8) is 0 Å². The van der Waals surface area contributed by atoms with Crippen molar-refractivity contribution in [2.24, 2.45) is 5.73 Å². The second-order valence-corrected chi connectivity index (χ2v) is 3.50. The monoisotopic (exact) mass is 228 g/mol. The molecule has 0 saturated heterocycles. The summed E-state index contributed by atoms with van der Waals surface area (Å²) in [5.74, 6) is -0.286. The summed E-state index contributed by atoms with van der Waals surface area (Å²) in [4.78, 5) is 19.4. The van der Waals surface area contributed by atoms with Gasteiger partial charge in [0, 0.05) is 0 Å². The largest absolute Gasteiger partial charge is 0.322 e. The number of benzene rings is 1. The highest BCUT2D eigenvalue weighted by atomic mass is 16.2. The van der Waals surface area contributed by atoms with Crippen molar-refractivity contribution >= 4 is 11.6 Å². The van der Waals surface area contributed by atoms with Gasteiger partial charge < -0.3 is 11.1 Å². The Morgan fingerprint density at radius 3 is 2.47 bits per heavy atom. The molecule has 0 aliphatic carbocycles. The van der Waals surface area contributed by atoms with Crippen molar-refractivity contribution in [1.29, 1.82) is 0 Å². The number of rotatable bonds is 3. The lowest BCUT2D eigenvalue weighted by molar-refractivity contribution is -0.117. The van der Waals surface area contributed by atoms with Gasteiger partial charge in [0.1, 0.15) is 12.4 Å². The number of amides is 1. The molecule has 0 aliphatic rings. The third-order valence-electron chi connectivity index (χ3n) is 2.27. The summed E-state index contributed by atoms with van der Waals surface area (Å²) in [5, 5.41) is 2.65. The highest BCUT2D eigenvalue weighted by molar-refractivity contribution is 5.95. The molecule has 0 bridgehead atoms. The number of carbonyl (C=O) groups is 1. The first-order valence-corrected chi connectivity index (χ1v) is 5.14. The fraction of sp³-hybridized carbons (Fsp3) is 0.0833. The molecule has 1 aromatic carbocycles. The van der Waals surface area contributed by atoms with Crippen molar-refractivity contribution < 1.29 is 4.79 Å². The minimum atomic E-state index is -0.698. The Kier molecular flexibility index (Phi) is 3.42. The van der Waals surface area contributed by atoms with Crippen LogP contribution in [0.2, 0.25) is 0 Å². The van der Waals surface area contributed by atoms with Crippen molar-refractivity contribution in [3.05, 3.63) is 54.6 Å². The first kappa shape index (κ1) is 11.2. The van der Waals surface area contributed by atoms with Gasteiger partial charge in [-0.3, -0.25) is 4.79 Å². The average molecular weight is 228 g/mol. The Bertz CT molecular complexity index is 486. The van der Waals surface area contributed by atoms with Crippen LogP contribution >= 0.6 is 0 Å². The number of nitrogens with zero attached hydrogens (tertiary/aromatic N) is 2. The topological polar surface area (TPSA) is 80.9 Å². The quantitative estimate of drug-likeness (QED) is 0.824. The molecule has 17 heavy (non-hydrogen) atoms. The fourth-order valence-corrected chi connectivity index (χ4v) is 1.40. The van der Waals surface area contributed by atoms with Gasteiger partial charge >= 0.3 is 0 Å². The zero-order valence-electron chi connectivity index (χ0n) is 9.08. The number of carbonyl (C=O) groups excluding carboxylic acids is 1. The standard InChI is InChI=1S/C12H12N4O/c13-11(9-4-2-1-3-5-9)12(17)16-10-6-14-8-15-7-10/h1-8,11H,13H2,(H,16,17). The molecule has 1 heterocycles. The highest BCUT2D eigenvalue weighted by Crippen LogP contribution is 2.12. The maximum Gasteiger partial charge on any atom is 0.245 e. The summed E-state index contributed by atoms with van der Waals surface area (Å²) in [6, 6.07) is 8.48. The Morgan fingerprint density at radius 2 is 1.82 bits per heavy atom. The van der Waals surface area contributed by atoms with Gasteiger partial charge in [0.25, 0.3) is 0 Å². The number of nitrogens with one attached hydrogen (secondary N) is 1. The number of hydrogen-bond acceptors (Lipinski definition) is 4. The predicted octanol–water partition coefficient (Wildman–Crippen LogP) is 1.12. The molecule has 1 atom stereocenters. The van der Waals surface area contributed by atoms with E-state index in [0.717, 1.165) is 5.56 Å². The molecule has 0 spiro atoms. The lowest BCUT2D eigenvalue weighted by atomic mass is 10.1. The van der Waals surface area contributed by atoms with Gasteiger partial charge in [0.15, 0.2) is 0 Å². The van der Waals surface area contributed by atoms with Crippen LogP contribution in [0, 0.1) is 0 Å². The number of nitrogens with two attached hydrogens (primary N) is 1. The number of anilines is 1. The molecule has 0 radical (unpaired) electrons. The van der Waals surface area contributed by atoms with Crippen LogP contribution in [0.3, 0.4) is 0 Å². The average Bonchev–Trinajstić information content (AvgIpc) is 2.40. The molecule has 0 aliphatic heterocycles. The lowest BCUT2D eigenvalue weighted by Crippen LogP contribution is -2.27. The Labute approximate surface area is 98.7 Å². The van der Waals surface area contributed by atoms with E-state index in [1.165, 1.54) is 18.7 Å². The van der Waals surface area contributed by atoms with E-state index in [9.17, 15) is 4.79 Å². The van der Waals surface area contributed by atoms with Gasteiger partial charge in [0.05, 0.1) is 18.1 Å². The number of hydrogen-bond donors (Lipinski definition) is 2. The Morgan fingerprint density at radius 1 is 1.18 bits per heavy atom. The zero-order chi connectivity index (χ0) is 12.1. The van der Waals surface area contributed by atoms with Crippen molar-refractivity contribution in [2.45, 2.75) is 6.04 Å². The van der Waals surface area contributed by atoms with Crippen LogP contribution in [0.5, 0.6) is 0 Å². The summed E-state index contributed by atoms with van der Waals surface area (Å²) in [6.45, 7) is 0. The van der Waals surface area contributed by atoms with Gasteiger partial charge in [-0.05, 0) is 5.56 Å². The predicted molar refractivity (Wildman–Crippen MR) is 64.0 cm³/mol. The maximum absolute atomic E-state index is 11.8. The van der Waals surface area contributed by atoms with Gasteiger partial charge in [-0.25, -0.2) is 9.97 Å². The van der Waals surface area contributed by atoms with Crippen LogP contribution in [-0.4, -0.2) is 15.9 Å². The first-order valence-electron chi connectivity index (χ1n) is 5.14. The SMILES string of the molecule is NC(C(=O)Nc1cncnc1)c1ccccc1. The molecule has 5 nitrogen and oxygen atoms in total. The molecule has 86 valence electrons. The fourth-order valence-electron chi connectivity index (χ4n) is 1.40.